The largest absolute Gasteiger partial charge is 0.489 e. The molecule has 0 atom stereocenters. The van der Waals surface area contributed by atoms with Gasteiger partial charge in [0, 0.05) is 16.3 Å². The molecule has 2 aromatic carbocycles. The Kier molecular flexibility index (Phi) is 6.32. The topological polar surface area (TPSA) is 63.0 Å². The van der Waals surface area contributed by atoms with E-state index >= 15 is 0 Å². The van der Waals surface area contributed by atoms with E-state index in [4.69, 9.17) is 16.3 Å². The highest BCUT2D eigenvalue weighted by Gasteiger charge is 2.23. The van der Waals surface area contributed by atoms with Crippen LogP contribution in [0.1, 0.15) is 25.0 Å². The summed E-state index contributed by atoms with van der Waals surface area (Å²) in [6, 6.07) is 15.1. The second-order valence-corrected chi connectivity index (χ2v) is 7.41. The van der Waals surface area contributed by atoms with Gasteiger partial charge in [0.15, 0.2) is 5.17 Å². The highest BCUT2D eigenvalue weighted by molar-refractivity contribution is 8.18. The average Bonchev–Trinajstić information content (AvgIpc) is 2.99. The lowest BCUT2D eigenvalue weighted by Crippen LogP contribution is -2.19. The number of hydrogen-bond acceptors (Lipinski definition) is 5. The van der Waals surface area contributed by atoms with Crippen molar-refractivity contribution in [1.82, 2.24) is 5.32 Å². The number of benzene rings is 2. The number of carbonyl (C=O) groups excluding carboxylic acids is 1. The van der Waals surface area contributed by atoms with Gasteiger partial charge in [0.05, 0.1) is 4.91 Å². The average molecular weight is 400 g/mol. The van der Waals surface area contributed by atoms with Crippen molar-refractivity contribution < 1.29 is 9.53 Å². The van der Waals surface area contributed by atoms with Gasteiger partial charge in [0.1, 0.15) is 12.4 Å². The summed E-state index contributed by atoms with van der Waals surface area (Å²) in [6.45, 7) is 4.06. The third kappa shape index (κ3) is 5.45. The third-order valence-electron chi connectivity index (χ3n) is 3.50. The van der Waals surface area contributed by atoms with E-state index in [9.17, 15) is 4.79 Å². The van der Waals surface area contributed by atoms with Gasteiger partial charge in [-0.25, -0.2) is 0 Å². The molecule has 2 aromatic rings. The van der Waals surface area contributed by atoms with E-state index in [0.717, 1.165) is 16.8 Å². The second kappa shape index (κ2) is 8.88. The number of ether oxygens (including phenoxy) is 1. The number of nitrogens with one attached hydrogen (secondary N) is 1. The van der Waals surface area contributed by atoms with Gasteiger partial charge in [0.25, 0.3) is 5.91 Å². The highest BCUT2D eigenvalue weighted by atomic mass is 35.5. The molecule has 1 saturated heterocycles. The molecule has 1 heterocycles. The van der Waals surface area contributed by atoms with Crippen molar-refractivity contribution in [1.29, 1.82) is 0 Å². The molecule has 1 aliphatic heterocycles. The molecule has 1 N–H and O–H groups in total. The zero-order valence-corrected chi connectivity index (χ0v) is 16.5. The minimum absolute atomic E-state index is 0.190. The number of halogens is 1. The Morgan fingerprint density at radius 3 is 2.81 bits per heavy atom. The Morgan fingerprint density at radius 2 is 2.04 bits per heavy atom. The molecule has 0 aliphatic carbocycles. The summed E-state index contributed by atoms with van der Waals surface area (Å²) in [5.41, 5.74) is 2.60. The zero-order valence-electron chi connectivity index (χ0n) is 14.9. The molecule has 0 aromatic heterocycles. The van der Waals surface area contributed by atoms with Crippen molar-refractivity contribution >= 4 is 46.2 Å². The number of nitrogens with zero attached hydrogens (tertiary/aromatic N) is 2. The Labute approximate surface area is 167 Å². The highest BCUT2D eigenvalue weighted by Crippen LogP contribution is 2.27. The van der Waals surface area contributed by atoms with E-state index in [1.54, 1.807) is 6.08 Å². The van der Waals surface area contributed by atoms with Crippen LogP contribution >= 0.6 is 23.4 Å². The van der Waals surface area contributed by atoms with E-state index in [1.165, 1.54) is 11.8 Å². The summed E-state index contributed by atoms with van der Waals surface area (Å²) in [7, 11) is 0. The molecular weight excluding hydrogens is 382 g/mol. The summed E-state index contributed by atoms with van der Waals surface area (Å²) in [5, 5.41) is 11.8. The maximum atomic E-state index is 12.1. The van der Waals surface area contributed by atoms with Crippen LogP contribution in [0.2, 0.25) is 5.02 Å². The molecule has 1 fully saturated rings. The summed E-state index contributed by atoms with van der Waals surface area (Å²) >= 11 is 7.41. The second-order valence-electron chi connectivity index (χ2n) is 5.97. The van der Waals surface area contributed by atoms with Crippen LogP contribution in [0.4, 0.5) is 0 Å². The van der Waals surface area contributed by atoms with Crippen molar-refractivity contribution in [3.63, 3.8) is 0 Å². The van der Waals surface area contributed by atoms with Gasteiger partial charge >= 0.3 is 0 Å². The minimum atomic E-state index is -0.190. The van der Waals surface area contributed by atoms with Crippen LogP contribution in [0.5, 0.6) is 5.75 Å². The summed E-state index contributed by atoms with van der Waals surface area (Å²) in [4.78, 5) is 12.6. The first-order valence-corrected chi connectivity index (χ1v) is 9.47. The lowest BCUT2D eigenvalue weighted by molar-refractivity contribution is -0.115. The Bertz CT molecular complexity index is 950. The van der Waals surface area contributed by atoms with Crippen molar-refractivity contribution in [3.05, 3.63) is 69.6 Å². The molecule has 5 nitrogen and oxygen atoms in total. The monoisotopic (exact) mass is 399 g/mol. The maximum absolute atomic E-state index is 12.1. The van der Waals surface area contributed by atoms with E-state index in [-0.39, 0.29) is 5.91 Å². The molecular formula is C20H18ClN3O2S. The first-order valence-electron chi connectivity index (χ1n) is 8.27. The van der Waals surface area contributed by atoms with Gasteiger partial charge in [-0.3, -0.25) is 10.1 Å². The molecule has 1 aliphatic rings. The minimum Gasteiger partial charge on any atom is -0.489 e. The SMILES string of the molecule is CC(C)=NN=C1NC(=O)/C(=C/c2cccc(OCc3ccccc3Cl)c2)S1. The molecule has 0 unspecified atom stereocenters. The van der Waals surface area contributed by atoms with Gasteiger partial charge in [0.2, 0.25) is 0 Å². The normalized spacial score (nSPS) is 16.5. The zero-order chi connectivity index (χ0) is 19.2. The van der Waals surface area contributed by atoms with Crippen molar-refractivity contribution in [2.24, 2.45) is 10.2 Å². The van der Waals surface area contributed by atoms with Gasteiger partial charge < -0.3 is 4.74 Å². The number of rotatable bonds is 5. The molecule has 27 heavy (non-hydrogen) atoms. The summed E-state index contributed by atoms with van der Waals surface area (Å²) in [5.74, 6) is 0.512. The third-order valence-corrected chi connectivity index (χ3v) is 4.77. The fourth-order valence-electron chi connectivity index (χ4n) is 2.24. The Balaban J connectivity index is 1.71. The molecule has 0 spiro atoms. The van der Waals surface area contributed by atoms with Crippen LogP contribution in [0.3, 0.4) is 0 Å². The fourth-order valence-corrected chi connectivity index (χ4v) is 3.21. The first kappa shape index (κ1) is 19.2. The smallest absolute Gasteiger partial charge is 0.264 e. The van der Waals surface area contributed by atoms with E-state index < -0.39 is 0 Å². The standard InChI is InChI=1S/C20H18ClN3O2S/c1-13(2)23-24-20-22-19(25)18(27-20)11-14-6-5-8-16(10-14)26-12-15-7-3-4-9-17(15)21/h3-11H,12H2,1-2H3,(H,22,24,25)/b18-11-. The number of carbonyl (C=O) groups is 1. The molecule has 0 radical (unpaired) electrons. The van der Waals surface area contributed by atoms with Crippen LogP contribution in [0.15, 0.2) is 63.6 Å². The molecule has 0 bridgehead atoms. The molecule has 7 heteroatoms. The predicted octanol–water partition coefficient (Wildman–Crippen LogP) is 4.87. The molecule has 138 valence electrons. The maximum Gasteiger partial charge on any atom is 0.264 e. The lowest BCUT2D eigenvalue weighted by atomic mass is 10.2. The fraction of sp³-hybridized carbons (Fsp3) is 0.150. The van der Waals surface area contributed by atoms with Crippen LogP contribution in [0.25, 0.3) is 6.08 Å². The quantitative estimate of drug-likeness (QED) is 0.443. The van der Waals surface area contributed by atoms with Gasteiger partial charge in [-0.2, -0.15) is 5.10 Å². The summed E-state index contributed by atoms with van der Waals surface area (Å²) < 4.78 is 5.83. The molecule has 1 amide bonds. The van der Waals surface area contributed by atoms with Gasteiger partial charge in [-0.05, 0) is 55.4 Å². The van der Waals surface area contributed by atoms with E-state index in [0.29, 0.717) is 27.5 Å². The Hall–Kier alpha value is -2.57. The van der Waals surface area contributed by atoms with Gasteiger partial charge in [-0.1, -0.05) is 41.9 Å². The van der Waals surface area contributed by atoms with Crippen LogP contribution in [-0.2, 0) is 11.4 Å². The lowest BCUT2D eigenvalue weighted by Gasteiger charge is -2.08. The van der Waals surface area contributed by atoms with Crippen molar-refractivity contribution in [2.75, 3.05) is 0 Å². The number of amidine groups is 1. The Morgan fingerprint density at radius 1 is 1.22 bits per heavy atom. The van der Waals surface area contributed by atoms with Crippen LogP contribution < -0.4 is 10.1 Å². The number of hydrogen-bond donors (Lipinski definition) is 1. The van der Waals surface area contributed by atoms with E-state index in [2.05, 4.69) is 15.5 Å². The predicted molar refractivity (Wildman–Crippen MR) is 112 cm³/mol. The molecule has 3 rings (SSSR count). The van der Waals surface area contributed by atoms with Crippen molar-refractivity contribution in [2.45, 2.75) is 20.5 Å². The first-order chi connectivity index (χ1) is 13.0. The van der Waals surface area contributed by atoms with Gasteiger partial charge in [-0.15, -0.1) is 5.10 Å². The number of thioether (sulfide) groups is 1. The van der Waals surface area contributed by atoms with Crippen LogP contribution in [0, 0.1) is 0 Å². The van der Waals surface area contributed by atoms with Crippen molar-refractivity contribution in [3.8, 4) is 5.75 Å². The van der Waals surface area contributed by atoms with Crippen LogP contribution in [-0.4, -0.2) is 16.8 Å². The van der Waals surface area contributed by atoms with E-state index in [1.807, 2.05) is 62.4 Å². The summed E-state index contributed by atoms with van der Waals surface area (Å²) in [6.07, 6.45) is 1.80. The number of amides is 1. The molecule has 0 saturated carbocycles.